The van der Waals surface area contributed by atoms with E-state index in [1.54, 1.807) is 0 Å². The lowest BCUT2D eigenvalue weighted by Gasteiger charge is -1.87. The molecular formula is C10H13NO4S. The molecular weight excluding hydrogens is 230 g/mol. The molecule has 0 atom stereocenters. The molecule has 1 rings (SSSR count). The molecule has 0 aromatic heterocycles. The predicted molar refractivity (Wildman–Crippen MR) is 59.4 cm³/mol. The SMILES string of the molecule is COC(=O)CN=S(=O)=O.Cc1ccccc1. The van der Waals surface area contributed by atoms with E-state index in [2.05, 4.69) is 28.2 Å². The molecule has 0 N–H and O–H groups in total. The van der Waals surface area contributed by atoms with Gasteiger partial charge in [0.25, 0.3) is 0 Å². The Morgan fingerprint density at radius 2 is 1.88 bits per heavy atom. The molecule has 16 heavy (non-hydrogen) atoms. The molecule has 5 nitrogen and oxygen atoms in total. The maximum absolute atomic E-state index is 10.1. The fraction of sp³-hybridized carbons (Fsp3) is 0.300. The van der Waals surface area contributed by atoms with Gasteiger partial charge in [0.1, 0.15) is 0 Å². The van der Waals surface area contributed by atoms with Crippen molar-refractivity contribution in [1.82, 2.24) is 0 Å². The third-order valence-electron chi connectivity index (χ3n) is 1.47. The molecule has 0 amide bonds. The van der Waals surface area contributed by atoms with Crippen LogP contribution in [-0.2, 0) is 20.0 Å². The fourth-order valence-corrected chi connectivity index (χ4v) is 0.915. The van der Waals surface area contributed by atoms with Crippen LogP contribution >= 0.6 is 0 Å². The summed E-state index contributed by atoms with van der Waals surface area (Å²) in [6, 6.07) is 10.3. The van der Waals surface area contributed by atoms with Gasteiger partial charge in [-0.15, -0.1) is 0 Å². The average Bonchev–Trinajstić information content (AvgIpc) is 2.27. The second kappa shape index (κ2) is 8.60. The normalized spacial score (nSPS) is 8.38. The number of benzene rings is 1. The third kappa shape index (κ3) is 8.89. The molecule has 0 radical (unpaired) electrons. The number of rotatable bonds is 2. The summed E-state index contributed by atoms with van der Waals surface area (Å²) in [4.78, 5) is 10.1. The Balaban J connectivity index is 0.000000288. The van der Waals surface area contributed by atoms with Crippen molar-refractivity contribution >= 4 is 16.5 Å². The highest BCUT2D eigenvalue weighted by atomic mass is 32.2. The van der Waals surface area contributed by atoms with Crippen molar-refractivity contribution in [3.63, 3.8) is 0 Å². The number of esters is 1. The van der Waals surface area contributed by atoms with Gasteiger partial charge in [0, 0.05) is 0 Å². The molecule has 0 aliphatic carbocycles. The van der Waals surface area contributed by atoms with Gasteiger partial charge in [-0.05, 0) is 6.92 Å². The summed E-state index contributed by atoms with van der Waals surface area (Å²) >= 11 is 0. The standard InChI is InChI=1S/C7H8.C3H5NO4S/c1-7-5-3-2-4-6-7;1-8-3(5)2-4-9(6)7/h2-6H,1H3;2H2,1H3. The summed E-state index contributed by atoms with van der Waals surface area (Å²) < 4.78 is 26.2. The van der Waals surface area contributed by atoms with Gasteiger partial charge in [-0.2, -0.15) is 12.8 Å². The van der Waals surface area contributed by atoms with Gasteiger partial charge in [-0.25, -0.2) is 0 Å². The number of nitrogens with zero attached hydrogens (tertiary/aromatic N) is 1. The summed E-state index contributed by atoms with van der Waals surface area (Å²) in [6.45, 7) is 1.65. The van der Waals surface area contributed by atoms with E-state index in [0.717, 1.165) is 7.11 Å². The van der Waals surface area contributed by atoms with Gasteiger partial charge in [0.15, 0.2) is 6.54 Å². The molecule has 1 aromatic carbocycles. The highest BCUT2D eigenvalue weighted by Crippen LogP contribution is 1.92. The lowest BCUT2D eigenvalue weighted by atomic mass is 10.2. The molecule has 0 aliphatic heterocycles. The van der Waals surface area contributed by atoms with Crippen molar-refractivity contribution in [2.45, 2.75) is 6.92 Å². The molecule has 6 heteroatoms. The maximum atomic E-state index is 10.1. The van der Waals surface area contributed by atoms with E-state index >= 15 is 0 Å². The van der Waals surface area contributed by atoms with Crippen molar-refractivity contribution < 1.29 is 17.9 Å². The molecule has 0 aliphatic rings. The van der Waals surface area contributed by atoms with E-state index < -0.39 is 23.0 Å². The van der Waals surface area contributed by atoms with Crippen molar-refractivity contribution in [3.05, 3.63) is 35.9 Å². The lowest BCUT2D eigenvalue weighted by molar-refractivity contribution is -0.138. The zero-order valence-electron chi connectivity index (χ0n) is 9.08. The van der Waals surface area contributed by atoms with Gasteiger partial charge < -0.3 is 4.74 Å². The van der Waals surface area contributed by atoms with Gasteiger partial charge in [0.2, 0.25) is 0 Å². The van der Waals surface area contributed by atoms with Crippen molar-refractivity contribution in [3.8, 4) is 0 Å². The molecule has 0 saturated carbocycles. The van der Waals surface area contributed by atoms with E-state index in [4.69, 9.17) is 0 Å². The minimum Gasteiger partial charge on any atom is -0.468 e. The first-order chi connectivity index (χ1) is 7.56. The molecule has 0 spiro atoms. The van der Waals surface area contributed by atoms with Crippen LogP contribution in [0.3, 0.4) is 0 Å². The minimum atomic E-state index is -2.51. The monoisotopic (exact) mass is 243 g/mol. The molecule has 0 fully saturated rings. The number of aryl methyl sites for hydroxylation is 1. The van der Waals surface area contributed by atoms with Crippen LogP contribution in [0.25, 0.3) is 0 Å². The Labute approximate surface area is 95.8 Å². The Morgan fingerprint density at radius 3 is 2.19 bits per heavy atom. The minimum absolute atomic E-state index is 0.438. The highest BCUT2D eigenvalue weighted by Gasteiger charge is 1.94. The Kier molecular flexibility index (Phi) is 7.70. The Bertz CT molecular complexity index is 431. The van der Waals surface area contributed by atoms with E-state index in [1.807, 2.05) is 18.2 Å². The number of ether oxygens (including phenoxy) is 1. The van der Waals surface area contributed by atoms with Crippen LogP contribution in [0.2, 0.25) is 0 Å². The van der Waals surface area contributed by atoms with Gasteiger partial charge in [-0.3, -0.25) is 4.79 Å². The first-order valence-electron chi connectivity index (χ1n) is 4.41. The van der Waals surface area contributed by atoms with Crippen LogP contribution in [0.1, 0.15) is 5.56 Å². The van der Waals surface area contributed by atoms with E-state index in [0.29, 0.717) is 0 Å². The van der Waals surface area contributed by atoms with Crippen molar-refractivity contribution in [2.24, 2.45) is 4.36 Å². The van der Waals surface area contributed by atoms with Crippen molar-refractivity contribution in [1.29, 1.82) is 0 Å². The number of methoxy groups -OCH3 is 1. The Morgan fingerprint density at radius 1 is 1.31 bits per heavy atom. The zero-order chi connectivity index (χ0) is 12.4. The number of carbonyl (C=O) groups is 1. The maximum Gasteiger partial charge on any atom is 0.328 e. The first-order valence-corrected chi connectivity index (χ1v) is 5.44. The van der Waals surface area contributed by atoms with Crippen molar-refractivity contribution in [2.75, 3.05) is 13.7 Å². The number of hydrogen-bond acceptors (Lipinski definition) is 5. The van der Waals surface area contributed by atoms with Crippen LogP contribution in [0.4, 0.5) is 0 Å². The third-order valence-corrected chi connectivity index (χ3v) is 1.81. The summed E-state index contributed by atoms with van der Waals surface area (Å²) in [6.07, 6.45) is 0. The topological polar surface area (TPSA) is 72.8 Å². The summed E-state index contributed by atoms with van der Waals surface area (Å²) in [5.74, 6) is -0.667. The summed E-state index contributed by atoms with van der Waals surface area (Å²) in [7, 11) is -1.36. The molecule has 1 aromatic rings. The van der Waals surface area contributed by atoms with Gasteiger partial charge in [-0.1, -0.05) is 35.9 Å². The quantitative estimate of drug-likeness (QED) is 0.732. The molecule has 0 saturated heterocycles. The van der Waals surface area contributed by atoms with Crippen LogP contribution in [0.5, 0.6) is 0 Å². The van der Waals surface area contributed by atoms with Gasteiger partial charge >= 0.3 is 16.5 Å². The smallest absolute Gasteiger partial charge is 0.328 e. The first kappa shape index (κ1) is 14.3. The second-order valence-corrected chi connectivity index (χ2v) is 3.43. The van der Waals surface area contributed by atoms with Crippen LogP contribution in [-0.4, -0.2) is 28.0 Å². The average molecular weight is 243 g/mol. The molecule has 88 valence electrons. The Hall–Kier alpha value is -1.69. The molecule has 0 unspecified atom stereocenters. The van der Waals surface area contributed by atoms with Crippen LogP contribution in [0, 0.1) is 6.92 Å². The lowest BCUT2D eigenvalue weighted by Crippen LogP contribution is -2.03. The number of hydrogen-bond donors (Lipinski definition) is 0. The highest BCUT2D eigenvalue weighted by molar-refractivity contribution is 7.61. The molecule has 0 bridgehead atoms. The van der Waals surface area contributed by atoms with Crippen LogP contribution < -0.4 is 0 Å². The second-order valence-electron chi connectivity index (χ2n) is 2.74. The van der Waals surface area contributed by atoms with E-state index in [9.17, 15) is 13.2 Å². The van der Waals surface area contributed by atoms with Crippen LogP contribution in [0.15, 0.2) is 34.7 Å². The number of carbonyl (C=O) groups excluding carboxylic acids is 1. The zero-order valence-corrected chi connectivity index (χ0v) is 9.90. The largest absolute Gasteiger partial charge is 0.468 e. The fourth-order valence-electron chi connectivity index (χ4n) is 0.704. The summed E-state index contributed by atoms with van der Waals surface area (Å²) in [5, 5.41) is 0. The molecule has 0 heterocycles. The summed E-state index contributed by atoms with van der Waals surface area (Å²) in [5.41, 5.74) is 1.32. The van der Waals surface area contributed by atoms with E-state index in [-0.39, 0.29) is 0 Å². The van der Waals surface area contributed by atoms with Gasteiger partial charge in [0.05, 0.1) is 7.11 Å². The predicted octanol–water partition coefficient (Wildman–Crippen LogP) is 1.22. The van der Waals surface area contributed by atoms with E-state index in [1.165, 1.54) is 5.56 Å².